The van der Waals surface area contributed by atoms with Crippen LogP contribution in [0.25, 0.3) is 0 Å². The number of aryl methyl sites for hydroxylation is 1. The Kier molecular flexibility index (Phi) is 9.40. The van der Waals surface area contributed by atoms with Gasteiger partial charge in [0.2, 0.25) is 10.0 Å². The molecule has 28 heavy (non-hydrogen) atoms. The van der Waals surface area contributed by atoms with Crippen LogP contribution < -0.4 is 15.8 Å². The van der Waals surface area contributed by atoms with E-state index >= 15 is 0 Å². The molecule has 2 aromatic rings. The Morgan fingerprint density at radius 1 is 1.11 bits per heavy atom. The summed E-state index contributed by atoms with van der Waals surface area (Å²) in [7, 11) is -2.20. The molecular weight excluding hydrogens is 402 g/mol. The van der Waals surface area contributed by atoms with Gasteiger partial charge in [0.05, 0.1) is 11.5 Å². The van der Waals surface area contributed by atoms with Crippen LogP contribution in [0.3, 0.4) is 0 Å². The lowest BCUT2D eigenvalue weighted by atomic mass is 10.1. The number of methoxy groups -OCH3 is 1. The molecule has 2 rings (SSSR count). The molecular formula is C19H26ClN3O4S. The lowest BCUT2D eigenvalue weighted by Crippen LogP contribution is -2.29. The van der Waals surface area contributed by atoms with E-state index in [0.717, 1.165) is 5.56 Å². The number of halogens is 1. The number of nitrogens with one attached hydrogen (secondary N) is 2. The van der Waals surface area contributed by atoms with Crippen LogP contribution in [-0.2, 0) is 21.2 Å². The molecule has 0 unspecified atom stereocenters. The van der Waals surface area contributed by atoms with Crippen molar-refractivity contribution in [1.29, 1.82) is 0 Å². The van der Waals surface area contributed by atoms with Crippen molar-refractivity contribution in [2.24, 2.45) is 0 Å². The molecule has 154 valence electrons. The normalized spacial score (nSPS) is 10.9. The lowest BCUT2D eigenvalue weighted by Gasteiger charge is -2.11. The summed E-state index contributed by atoms with van der Waals surface area (Å²) in [4.78, 5) is 12.5. The number of hydrogen-bond donors (Lipinski definition) is 3. The highest BCUT2D eigenvalue weighted by Crippen LogP contribution is 2.16. The fraction of sp³-hybridized carbons (Fsp3) is 0.316. The summed E-state index contributed by atoms with van der Waals surface area (Å²) >= 11 is 0. The van der Waals surface area contributed by atoms with Crippen molar-refractivity contribution in [3.63, 3.8) is 0 Å². The van der Waals surface area contributed by atoms with E-state index in [2.05, 4.69) is 10.0 Å². The first kappa shape index (κ1) is 23.9. The summed E-state index contributed by atoms with van der Waals surface area (Å²) in [5, 5.41) is 2.83. The number of ether oxygens (including phenoxy) is 1. The van der Waals surface area contributed by atoms with Crippen molar-refractivity contribution in [3.8, 4) is 0 Å². The van der Waals surface area contributed by atoms with E-state index in [0.29, 0.717) is 29.8 Å². The zero-order valence-corrected chi connectivity index (χ0v) is 17.5. The highest BCUT2D eigenvalue weighted by atomic mass is 35.5. The van der Waals surface area contributed by atoms with E-state index in [1.165, 1.54) is 19.2 Å². The standard InChI is InChI=1S/C19H25N3O4S.ClH/c1-14-3-8-17(27(24,25)22-11-12-26-2)13-18(14)19(23)21-10-9-15-4-6-16(20)7-5-15;/h3-8,13,22H,9-12,20H2,1-2H3,(H,21,23);1H. The number of nitrogen functional groups attached to an aromatic ring is 1. The Bertz CT molecular complexity index is 887. The zero-order chi connectivity index (χ0) is 19.9. The molecule has 4 N–H and O–H groups in total. The number of amides is 1. The van der Waals surface area contributed by atoms with Crippen molar-refractivity contribution >= 4 is 34.0 Å². The van der Waals surface area contributed by atoms with E-state index in [9.17, 15) is 13.2 Å². The van der Waals surface area contributed by atoms with Crippen LogP contribution >= 0.6 is 12.4 Å². The molecule has 0 saturated heterocycles. The van der Waals surface area contributed by atoms with Crippen molar-refractivity contribution < 1.29 is 17.9 Å². The van der Waals surface area contributed by atoms with Gasteiger partial charge in [-0.05, 0) is 48.7 Å². The van der Waals surface area contributed by atoms with Gasteiger partial charge < -0.3 is 15.8 Å². The number of benzene rings is 2. The predicted molar refractivity (Wildman–Crippen MR) is 112 cm³/mol. The molecule has 0 bridgehead atoms. The van der Waals surface area contributed by atoms with Crippen LogP contribution in [0.15, 0.2) is 47.4 Å². The van der Waals surface area contributed by atoms with Crippen LogP contribution in [0.4, 0.5) is 5.69 Å². The highest BCUT2D eigenvalue weighted by molar-refractivity contribution is 7.89. The number of nitrogens with two attached hydrogens (primary N) is 1. The van der Waals surface area contributed by atoms with E-state index < -0.39 is 10.0 Å². The van der Waals surface area contributed by atoms with Gasteiger partial charge in [0, 0.05) is 31.5 Å². The average Bonchev–Trinajstić information content (AvgIpc) is 2.63. The lowest BCUT2D eigenvalue weighted by molar-refractivity contribution is 0.0953. The second-order valence-corrected chi connectivity index (χ2v) is 7.88. The maximum absolute atomic E-state index is 12.5. The molecule has 0 aliphatic heterocycles. The Hall–Kier alpha value is -2.13. The van der Waals surface area contributed by atoms with Gasteiger partial charge in [-0.15, -0.1) is 12.4 Å². The molecule has 0 spiro atoms. The Morgan fingerprint density at radius 3 is 2.43 bits per heavy atom. The number of hydrogen-bond acceptors (Lipinski definition) is 5. The second-order valence-electron chi connectivity index (χ2n) is 6.11. The van der Waals surface area contributed by atoms with Gasteiger partial charge in [-0.1, -0.05) is 18.2 Å². The van der Waals surface area contributed by atoms with Gasteiger partial charge in [-0.25, -0.2) is 13.1 Å². The van der Waals surface area contributed by atoms with Gasteiger partial charge in [0.15, 0.2) is 0 Å². The van der Waals surface area contributed by atoms with E-state index in [1.807, 2.05) is 24.3 Å². The van der Waals surface area contributed by atoms with Crippen molar-refractivity contribution in [1.82, 2.24) is 10.0 Å². The summed E-state index contributed by atoms with van der Waals surface area (Å²) in [6.45, 7) is 2.63. The van der Waals surface area contributed by atoms with Crippen molar-refractivity contribution in [2.75, 3.05) is 32.5 Å². The monoisotopic (exact) mass is 427 g/mol. The Morgan fingerprint density at radius 2 is 1.79 bits per heavy atom. The van der Waals surface area contributed by atoms with Gasteiger partial charge in [0.25, 0.3) is 5.91 Å². The molecule has 2 aromatic carbocycles. The summed E-state index contributed by atoms with van der Waals surface area (Å²) in [6.07, 6.45) is 0.654. The molecule has 0 heterocycles. The van der Waals surface area contributed by atoms with E-state index in [1.54, 1.807) is 13.0 Å². The summed E-state index contributed by atoms with van der Waals surface area (Å²) in [5.41, 5.74) is 8.44. The van der Waals surface area contributed by atoms with Crippen LogP contribution in [0.2, 0.25) is 0 Å². The number of sulfonamides is 1. The molecule has 9 heteroatoms. The minimum absolute atomic E-state index is 0. The van der Waals surface area contributed by atoms with Crippen LogP contribution in [-0.4, -0.2) is 41.1 Å². The molecule has 0 radical (unpaired) electrons. The molecule has 0 aliphatic rings. The zero-order valence-electron chi connectivity index (χ0n) is 15.9. The Balaban J connectivity index is 0.00000392. The van der Waals surface area contributed by atoms with Crippen molar-refractivity contribution in [3.05, 3.63) is 59.2 Å². The summed E-state index contributed by atoms with van der Waals surface area (Å²) in [6, 6.07) is 11.9. The maximum Gasteiger partial charge on any atom is 0.251 e. The van der Waals surface area contributed by atoms with Crippen LogP contribution in [0.5, 0.6) is 0 Å². The first-order valence-corrected chi connectivity index (χ1v) is 10.0. The fourth-order valence-corrected chi connectivity index (χ4v) is 3.51. The number of rotatable bonds is 9. The van der Waals surface area contributed by atoms with Gasteiger partial charge >= 0.3 is 0 Å². The topological polar surface area (TPSA) is 111 Å². The minimum Gasteiger partial charge on any atom is -0.399 e. The first-order valence-electron chi connectivity index (χ1n) is 8.55. The average molecular weight is 428 g/mol. The van der Waals surface area contributed by atoms with Crippen molar-refractivity contribution in [2.45, 2.75) is 18.2 Å². The summed E-state index contributed by atoms with van der Waals surface area (Å²) < 4.78 is 31.9. The number of carbonyl (C=O) groups excluding carboxylic acids is 1. The molecule has 0 fully saturated rings. The third-order valence-electron chi connectivity index (χ3n) is 4.04. The third-order valence-corrected chi connectivity index (χ3v) is 5.50. The van der Waals surface area contributed by atoms with Gasteiger partial charge in [-0.3, -0.25) is 4.79 Å². The van der Waals surface area contributed by atoms with E-state index in [-0.39, 0.29) is 36.4 Å². The molecule has 0 saturated carbocycles. The van der Waals surface area contributed by atoms with E-state index in [4.69, 9.17) is 10.5 Å². The van der Waals surface area contributed by atoms with Crippen LogP contribution in [0.1, 0.15) is 21.5 Å². The SMILES string of the molecule is COCCNS(=O)(=O)c1ccc(C)c(C(=O)NCCc2ccc(N)cc2)c1.Cl. The maximum atomic E-state index is 12.5. The largest absolute Gasteiger partial charge is 0.399 e. The van der Waals surface area contributed by atoms with Gasteiger partial charge in [-0.2, -0.15) is 0 Å². The Labute approximate surface area is 172 Å². The minimum atomic E-state index is -3.69. The summed E-state index contributed by atoms with van der Waals surface area (Å²) in [5.74, 6) is -0.308. The molecule has 7 nitrogen and oxygen atoms in total. The van der Waals surface area contributed by atoms with Crippen LogP contribution in [0, 0.1) is 6.92 Å². The van der Waals surface area contributed by atoms with Gasteiger partial charge in [0.1, 0.15) is 0 Å². The smallest absolute Gasteiger partial charge is 0.251 e. The molecule has 0 aromatic heterocycles. The highest BCUT2D eigenvalue weighted by Gasteiger charge is 2.17. The first-order chi connectivity index (χ1) is 12.8. The predicted octanol–water partition coefficient (Wildman–Crippen LogP) is 1.90. The molecule has 0 aliphatic carbocycles. The third kappa shape index (κ3) is 6.79. The molecule has 0 atom stereocenters. The molecule has 1 amide bonds. The second kappa shape index (κ2) is 11.0. The number of anilines is 1. The quantitative estimate of drug-likeness (QED) is 0.418. The number of carbonyl (C=O) groups is 1. The fourth-order valence-electron chi connectivity index (χ4n) is 2.47.